The molecule has 0 aliphatic heterocycles. The molecule has 0 aromatic heterocycles. The molecule has 2 nitrogen and oxygen atoms in total. The third-order valence-electron chi connectivity index (χ3n) is 3.61. The summed E-state index contributed by atoms with van der Waals surface area (Å²) in [4.78, 5) is 0. The van der Waals surface area contributed by atoms with Crippen LogP contribution < -0.4 is 5.32 Å². The number of aryl methyl sites for hydroxylation is 1. The maximum absolute atomic E-state index is 9.75. The van der Waals surface area contributed by atoms with Gasteiger partial charge >= 0.3 is 0 Å². The van der Waals surface area contributed by atoms with E-state index in [1.165, 1.54) is 17.5 Å². The third kappa shape index (κ3) is 3.84. The molecule has 0 saturated heterocycles. The lowest BCUT2D eigenvalue weighted by molar-refractivity contribution is 0.460. The van der Waals surface area contributed by atoms with Gasteiger partial charge in [0.2, 0.25) is 0 Å². The summed E-state index contributed by atoms with van der Waals surface area (Å²) in [6, 6.07) is 16.5. The topological polar surface area (TPSA) is 32.3 Å². The zero-order valence-electron chi connectivity index (χ0n) is 12.3. The van der Waals surface area contributed by atoms with Gasteiger partial charge in [0, 0.05) is 18.2 Å². The summed E-state index contributed by atoms with van der Waals surface area (Å²) in [5, 5.41) is 13.2. The number of nitrogens with one attached hydrogen (secondary N) is 1. The molecule has 2 aromatic carbocycles. The lowest BCUT2D eigenvalue weighted by atomic mass is 10.0. The number of phenols is 1. The first-order valence-electron chi connectivity index (χ1n) is 7.29. The Labute approximate surface area is 121 Å². The van der Waals surface area contributed by atoms with E-state index in [9.17, 15) is 5.11 Å². The van der Waals surface area contributed by atoms with Gasteiger partial charge in [-0.15, -0.1) is 0 Å². The number of para-hydroxylation sites is 1. The maximum atomic E-state index is 9.75. The van der Waals surface area contributed by atoms with Crippen LogP contribution in [0.4, 0.5) is 0 Å². The van der Waals surface area contributed by atoms with Crippen LogP contribution in [0.2, 0.25) is 0 Å². The van der Waals surface area contributed by atoms with Gasteiger partial charge in [-0.3, -0.25) is 0 Å². The number of hydrogen-bond donors (Lipinski definition) is 2. The molecule has 0 amide bonds. The average molecular weight is 269 g/mol. The fraction of sp³-hybridized carbons (Fsp3) is 0.333. The highest BCUT2D eigenvalue weighted by Crippen LogP contribution is 2.18. The Morgan fingerprint density at radius 2 is 1.75 bits per heavy atom. The van der Waals surface area contributed by atoms with Crippen LogP contribution in [0.15, 0.2) is 48.5 Å². The van der Waals surface area contributed by atoms with E-state index in [-0.39, 0.29) is 6.04 Å². The second-order valence-corrected chi connectivity index (χ2v) is 5.22. The van der Waals surface area contributed by atoms with Crippen molar-refractivity contribution in [3.63, 3.8) is 0 Å². The Kier molecular flexibility index (Phi) is 5.19. The van der Waals surface area contributed by atoms with Gasteiger partial charge in [0.25, 0.3) is 0 Å². The quantitative estimate of drug-likeness (QED) is 0.824. The van der Waals surface area contributed by atoms with Gasteiger partial charge in [-0.1, -0.05) is 55.8 Å². The highest BCUT2D eigenvalue weighted by atomic mass is 16.3. The van der Waals surface area contributed by atoms with Crippen LogP contribution >= 0.6 is 0 Å². The highest BCUT2D eigenvalue weighted by molar-refractivity contribution is 5.32. The summed E-state index contributed by atoms with van der Waals surface area (Å²) in [5.74, 6) is 0.352. The summed E-state index contributed by atoms with van der Waals surface area (Å²) >= 11 is 0. The SMILES string of the molecule is CCCc1ccc(C(C)NCc2ccccc2O)cc1. The van der Waals surface area contributed by atoms with E-state index in [1.54, 1.807) is 6.07 Å². The predicted molar refractivity (Wildman–Crippen MR) is 83.8 cm³/mol. The molecule has 2 aromatic rings. The molecule has 20 heavy (non-hydrogen) atoms. The van der Waals surface area contributed by atoms with E-state index < -0.39 is 0 Å². The minimum atomic E-state index is 0.269. The zero-order valence-corrected chi connectivity index (χ0v) is 12.3. The molecule has 0 heterocycles. The van der Waals surface area contributed by atoms with E-state index in [1.807, 2.05) is 18.2 Å². The highest BCUT2D eigenvalue weighted by Gasteiger charge is 2.06. The van der Waals surface area contributed by atoms with Crippen LogP contribution in [0.5, 0.6) is 5.75 Å². The molecule has 0 fully saturated rings. The largest absolute Gasteiger partial charge is 0.508 e. The number of phenolic OH excluding ortho intramolecular Hbond substituents is 1. The summed E-state index contributed by atoms with van der Waals surface area (Å²) in [7, 11) is 0. The minimum Gasteiger partial charge on any atom is -0.508 e. The molecule has 0 aliphatic carbocycles. The van der Waals surface area contributed by atoms with Gasteiger partial charge in [0.15, 0.2) is 0 Å². The third-order valence-corrected chi connectivity index (χ3v) is 3.61. The van der Waals surface area contributed by atoms with Crippen molar-refractivity contribution in [2.24, 2.45) is 0 Å². The van der Waals surface area contributed by atoms with Crippen LogP contribution in [0, 0.1) is 0 Å². The van der Waals surface area contributed by atoms with Crippen LogP contribution in [-0.2, 0) is 13.0 Å². The lowest BCUT2D eigenvalue weighted by Gasteiger charge is -2.15. The van der Waals surface area contributed by atoms with Gasteiger partial charge in [0.1, 0.15) is 5.75 Å². The molecule has 0 radical (unpaired) electrons. The Balaban J connectivity index is 1.94. The standard InChI is InChI=1S/C18H23NO/c1-3-6-15-9-11-16(12-10-15)14(2)19-13-17-7-4-5-8-18(17)20/h4-5,7-12,14,19-20H,3,6,13H2,1-2H3. The predicted octanol–water partition coefficient (Wildman–Crippen LogP) is 4.20. The Hall–Kier alpha value is -1.80. The van der Waals surface area contributed by atoms with Crippen LogP contribution in [0.1, 0.15) is 43.0 Å². The van der Waals surface area contributed by atoms with Gasteiger partial charge < -0.3 is 10.4 Å². The molecule has 1 atom stereocenters. The first-order valence-corrected chi connectivity index (χ1v) is 7.29. The van der Waals surface area contributed by atoms with Crippen LogP contribution in [0.25, 0.3) is 0 Å². The normalized spacial score (nSPS) is 12.3. The van der Waals surface area contributed by atoms with E-state index in [0.29, 0.717) is 12.3 Å². The fourth-order valence-electron chi connectivity index (χ4n) is 2.30. The second-order valence-electron chi connectivity index (χ2n) is 5.22. The van der Waals surface area contributed by atoms with Crippen molar-refractivity contribution in [2.75, 3.05) is 0 Å². The molecule has 0 saturated carbocycles. The monoisotopic (exact) mass is 269 g/mol. The molecule has 0 spiro atoms. The van der Waals surface area contributed by atoms with Gasteiger partial charge in [0.05, 0.1) is 0 Å². The number of rotatable bonds is 6. The van der Waals surface area contributed by atoms with Crippen molar-refractivity contribution >= 4 is 0 Å². The minimum absolute atomic E-state index is 0.269. The van der Waals surface area contributed by atoms with E-state index in [4.69, 9.17) is 0 Å². The van der Waals surface area contributed by atoms with E-state index in [2.05, 4.69) is 43.4 Å². The fourth-order valence-corrected chi connectivity index (χ4v) is 2.30. The van der Waals surface area contributed by atoms with Crippen molar-refractivity contribution in [1.82, 2.24) is 5.32 Å². The first-order chi connectivity index (χ1) is 9.70. The van der Waals surface area contributed by atoms with Crippen LogP contribution in [0.3, 0.4) is 0 Å². The molecular formula is C18H23NO. The molecule has 2 heteroatoms. The first kappa shape index (κ1) is 14.6. The smallest absolute Gasteiger partial charge is 0.120 e. The van der Waals surface area contributed by atoms with Crippen molar-refractivity contribution in [2.45, 2.75) is 39.3 Å². The second kappa shape index (κ2) is 7.11. The van der Waals surface area contributed by atoms with E-state index in [0.717, 1.165) is 12.0 Å². The molecule has 2 N–H and O–H groups in total. The molecule has 2 rings (SSSR count). The summed E-state index contributed by atoms with van der Waals surface area (Å²) in [5.41, 5.74) is 3.60. The van der Waals surface area contributed by atoms with E-state index >= 15 is 0 Å². The van der Waals surface area contributed by atoms with Crippen molar-refractivity contribution < 1.29 is 5.11 Å². The maximum Gasteiger partial charge on any atom is 0.120 e. The average Bonchev–Trinajstić information content (AvgIpc) is 2.47. The van der Waals surface area contributed by atoms with Gasteiger partial charge in [-0.05, 0) is 30.5 Å². The number of aromatic hydroxyl groups is 1. The summed E-state index contributed by atoms with van der Waals surface area (Å²) in [6.07, 6.45) is 2.32. The molecule has 0 aliphatic rings. The molecule has 0 bridgehead atoms. The summed E-state index contributed by atoms with van der Waals surface area (Å²) in [6.45, 7) is 5.02. The Morgan fingerprint density at radius 3 is 2.40 bits per heavy atom. The van der Waals surface area contributed by atoms with Crippen molar-refractivity contribution in [3.05, 3.63) is 65.2 Å². The van der Waals surface area contributed by atoms with Crippen LogP contribution in [-0.4, -0.2) is 5.11 Å². The molecular weight excluding hydrogens is 246 g/mol. The van der Waals surface area contributed by atoms with Gasteiger partial charge in [-0.2, -0.15) is 0 Å². The molecule has 1 unspecified atom stereocenters. The number of hydrogen-bond acceptors (Lipinski definition) is 2. The number of benzene rings is 2. The van der Waals surface area contributed by atoms with Crippen molar-refractivity contribution in [1.29, 1.82) is 0 Å². The Bertz CT molecular complexity index is 533. The lowest BCUT2D eigenvalue weighted by Crippen LogP contribution is -2.18. The Morgan fingerprint density at radius 1 is 1.05 bits per heavy atom. The van der Waals surface area contributed by atoms with Crippen molar-refractivity contribution in [3.8, 4) is 5.75 Å². The zero-order chi connectivity index (χ0) is 14.4. The summed E-state index contributed by atoms with van der Waals surface area (Å²) < 4.78 is 0. The van der Waals surface area contributed by atoms with Gasteiger partial charge in [-0.25, -0.2) is 0 Å². The molecule has 106 valence electrons.